The van der Waals surface area contributed by atoms with Gasteiger partial charge in [-0.25, -0.2) is 9.78 Å². The van der Waals surface area contributed by atoms with Crippen molar-refractivity contribution in [2.75, 3.05) is 13.7 Å². The van der Waals surface area contributed by atoms with Gasteiger partial charge in [0.05, 0.1) is 19.0 Å². The predicted molar refractivity (Wildman–Crippen MR) is 103 cm³/mol. The second-order valence-corrected chi connectivity index (χ2v) is 8.44. The number of nitrogens with zero attached hydrogens (tertiary/aromatic N) is 2. The number of hydrogen-bond acceptors (Lipinski definition) is 7. The number of nitrogens with one attached hydrogen (secondary N) is 1. The molecule has 0 aromatic carbocycles. The van der Waals surface area contributed by atoms with Crippen molar-refractivity contribution >= 4 is 38.9 Å². The van der Waals surface area contributed by atoms with Crippen LogP contribution in [0.5, 0.6) is 0 Å². The molecule has 3 aromatic rings. The molecular formula is C18H19N3O3S2. The van der Waals surface area contributed by atoms with Crippen LogP contribution in [0.15, 0.2) is 16.2 Å². The Balaban J connectivity index is 1.68. The van der Waals surface area contributed by atoms with Crippen LogP contribution in [0.25, 0.3) is 10.2 Å². The van der Waals surface area contributed by atoms with Crippen LogP contribution in [-0.2, 0) is 17.7 Å². The van der Waals surface area contributed by atoms with Crippen molar-refractivity contribution in [2.24, 2.45) is 0 Å². The lowest BCUT2D eigenvalue weighted by molar-refractivity contribution is 0.0605. The third kappa shape index (κ3) is 2.78. The Morgan fingerprint density at radius 1 is 1.50 bits per heavy atom. The molecule has 1 atom stereocenters. The molecule has 3 aromatic heterocycles. The van der Waals surface area contributed by atoms with E-state index in [-0.39, 0.29) is 5.56 Å². The van der Waals surface area contributed by atoms with Crippen molar-refractivity contribution in [2.45, 2.75) is 32.9 Å². The minimum absolute atomic E-state index is 0.199. The van der Waals surface area contributed by atoms with Crippen LogP contribution in [0.3, 0.4) is 0 Å². The van der Waals surface area contributed by atoms with E-state index in [1.54, 1.807) is 6.92 Å². The number of aromatic nitrogens is 2. The van der Waals surface area contributed by atoms with E-state index in [4.69, 9.17) is 4.74 Å². The van der Waals surface area contributed by atoms with Crippen LogP contribution >= 0.6 is 22.7 Å². The Labute approximate surface area is 158 Å². The Hall–Kier alpha value is -2.03. The quantitative estimate of drug-likeness (QED) is 0.696. The normalized spacial score (nSPS) is 17.4. The number of thiophene rings is 2. The topological polar surface area (TPSA) is 75.3 Å². The zero-order valence-corrected chi connectivity index (χ0v) is 16.4. The summed E-state index contributed by atoms with van der Waals surface area (Å²) < 4.78 is 4.80. The average molecular weight is 390 g/mol. The summed E-state index contributed by atoms with van der Waals surface area (Å²) in [6, 6.07) is 2.48. The molecule has 0 radical (unpaired) electrons. The zero-order chi connectivity index (χ0) is 18.4. The van der Waals surface area contributed by atoms with E-state index in [0.29, 0.717) is 39.1 Å². The molecule has 0 unspecified atom stereocenters. The van der Waals surface area contributed by atoms with Crippen molar-refractivity contribution in [1.82, 2.24) is 14.9 Å². The molecular weight excluding hydrogens is 370 g/mol. The smallest absolute Gasteiger partial charge is 0.348 e. The van der Waals surface area contributed by atoms with Crippen LogP contribution in [-0.4, -0.2) is 34.5 Å². The number of hydrogen-bond donors (Lipinski definition) is 1. The Morgan fingerprint density at radius 3 is 3.08 bits per heavy atom. The summed E-state index contributed by atoms with van der Waals surface area (Å²) >= 11 is 3.02. The maximum absolute atomic E-state index is 12.6. The summed E-state index contributed by atoms with van der Waals surface area (Å²) in [6.07, 6.45) is 1.02. The third-order valence-electron chi connectivity index (χ3n) is 4.98. The molecule has 6 nitrogen and oxygen atoms in total. The van der Waals surface area contributed by atoms with E-state index in [1.807, 2.05) is 11.3 Å². The molecule has 0 aliphatic carbocycles. The molecule has 1 aliphatic rings. The van der Waals surface area contributed by atoms with Gasteiger partial charge in [-0.2, -0.15) is 0 Å². The molecule has 0 spiro atoms. The first-order chi connectivity index (χ1) is 12.5. The molecule has 26 heavy (non-hydrogen) atoms. The van der Waals surface area contributed by atoms with Gasteiger partial charge >= 0.3 is 5.97 Å². The van der Waals surface area contributed by atoms with E-state index in [2.05, 4.69) is 33.2 Å². The van der Waals surface area contributed by atoms with Gasteiger partial charge in [-0.3, -0.25) is 9.69 Å². The highest BCUT2D eigenvalue weighted by atomic mass is 32.1. The number of aryl methyl sites for hydroxylation is 1. The summed E-state index contributed by atoms with van der Waals surface area (Å²) in [7, 11) is 1.34. The maximum Gasteiger partial charge on any atom is 0.348 e. The van der Waals surface area contributed by atoms with E-state index >= 15 is 0 Å². The molecule has 1 aliphatic heterocycles. The standard InChI is InChI=1S/C18H19N3O3S2/c1-9-14-16(22)19-13(20-17(14)26-15(9)18(23)24-3)8-21-6-4-12-11(10(21)2)5-7-25-12/h5,7,10H,4,6,8H2,1-3H3,(H,19,20,22)/t10-/m1/s1. The molecule has 0 saturated heterocycles. The third-order valence-corrected chi connectivity index (χ3v) is 7.14. The van der Waals surface area contributed by atoms with Gasteiger partial charge in [0, 0.05) is 17.5 Å². The highest BCUT2D eigenvalue weighted by Gasteiger charge is 2.26. The van der Waals surface area contributed by atoms with Crippen molar-refractivity contribution in [1.29, 1.82) is 0 Å². The summed E-state index contributed by atoms with van der Waals surface area (Å²) in [5, 5.41) is 2.62. The SMILES string of the molecule is COC(=O)c1sc2nc(CN3CCc4sccc4[C@H]3C)[nH]c(=O)c2c1C. The number of esters is 1. The number of carbonyl (C=O) groups is 1. The van der Waals surface area contributed by atoms with Gasteiger partial charge in [-0.05, 0) is 42.8 Å². The van der Waals surface area contributed by atoms with Crippen molar-refractivity contribution in [3.05, 3.63) is 48.5 Å². The first-order valence-electron chi connectivity index (χ1n) is 8.40. The fourth-order valence-electron chi connectivity index (χ4n) is 3.52. The van der Waals surface area contributed by atoms with Gasteiger partial charge in [0.2, 0.25) is 0 Å². The number of methoxy groups -OCH3 is 1. The van der Waals surface area contributed by atoms with Gasteiger partial charge < -0.3 is 9.72 Å². The molecule has 1 N–H and O–H groups in total. The van der Waals surface area contributed by atoms with Crippen LogP contribution in [0, 0.1) is 6.92 Å². The van der Waals surface area contributed by atoms with E-state index < -0.39 is 5.97 Å². The lowest BCUT2D eigenvalue weighted by Gasteiger charge is -2.33. The Kier molecular flexibility index (Phi) is 4.42. The summed E-state index contributed by atoms with van der Waals surface area (Å²) in [5.41, 5.74) is 1.80. The van der Waals surface area contributed by atoms with Crippen molar-refractivity contribution in [3.63, 3.8) is 0 Å². The molecule has 8 heteroatoms. The fraction of sp³-hybridized carbons (Fsp3) is 0.389. The first kappa shape index (κ1) is 17.4. The molecule has 4 rings (SSSR count). The lowest BCUT2D eigenvalue weighted by atomic mass is 10.0. The molecule has 0 amide bonds. The minimum Gasteiger partial charge on any atom is -0.465 e. The van der Waals surface area contributed by atoms with Crippen LogP contribution < -0.4 is 5.56 Å². The molecule has 0 bridgehead atoms. The van der Waals surface area contributed by atoms with Gasteiger partial charge in [0.25, 0.3) is 5.56 Å². The summed E-state index contributed by atoms with van der Waals surface area (Å²) in [6.45, 7) is 5.46. The molecule has 136 valence electrons. The van der Waals surface area contributed by atoms with E-state index in [0.717, 1.165) is 13.0 Å². The van der Waals surface area contributed by atoms with Crippen molar-refractivity contribution in [3.8, 4) is 0 Å². The molecule has 0 saturated carbocycles. The lowest BCUT2D eigenvalue weighted by Crippen LogP contribution is -2.33. The zero-order valence-electron chi connectivity index (χ0n) is 14.8. The number of aromatic amines is 1. The van der Waals surface area contributed by atoms with Gasteiger partial charge in [-0.1, -0.05) is 0 Å². The van der Waals surface area contributed by atoms with Gasteiger partial charge in [-0.15, -0.1) is 22.7 Å². The summed E-state index contributed by atoms with van der Waals surface area (Å²) in [4.78, 5) is 36.8. The Bertz CT molecular complexity index is 1050. The minimum atomic E-state index is -0.430. The predicted octanol–water partition coefficient (Wildman–Crippen LogP) is 3.26. The highest BCUT2D eigenvalue weighted by Crippen LogP contribution is 2.33. The number of H-pyrrole nitrogens is 1. The number of ether oxygens (including phenoxy) is 1. The average Bonchev–Trinajstić information content (AvgIpc) is 3.22. The second-order valence-electron chi connectivity index (χ2n) is 6.44. The molecule has 0 fully saturated rings. The van der Waals surface area contributed by atoms with Crippen LogP contribution in [0.2, 0.25) is 0 Å². The van der Waals surface area contributed by atoms with Crippen molar-refractivity contribution < 1.29 is 9.53 Å². The fourth-order valence-corrected chi connectivity index (χ4v) is 5.60. The van der Waals surface area contributed by atoms with E-state index in [9.17, 15) is 9.59 Å². The molecule has 4 heterocycles. The maximum atomic E-state index is 12.6. The van der Waals surface area contributed by atoms with Gasteiger partial charge in [0.1, 0.15) is 15.5 Å². The van der Waals surface area contributed by atoms with Gasteiger partial charge in [0.15, 0.2) is 0 Å². The van der Waals surface area contributed by atoms with Crippen LogP contribution in [0.1, 0.15) is 44.5 Å². The van der Waals surface area contributed by atoms with E-state index in [1.165, 1.54) is 28.9 Å². The number of fused-ring (bicyclic) bond motifs is 2. The van der Waals surface area contributed by atoms with Crippen LogP contribution in [0.4, 0.5) is 0 Å². The largest absolute Gasteiger partial charge is 0.465 e. The second kappa shape index (κ2) is 6.61. The first-order valence-corrected chi connectivity index (χ1v) is 10.1. The highest BCUT2D eigenvalue weighted by molar-refractivity contribution is 7.20. The monoisotopic (exact) mass is 389 g/mol. The summed E-state index contributed by atoms with van der Waals surface area (Å²) in [5.74, 6) is 0.201. The number of rotatable bonds is 3. The Morgan fingerprint density at radius 2 is 2.31 bits per heavy atom. The number of carbonyl (C=O) groups excluding carboxylic acids is 1.